The van der Waals surface area contributed by atoms with Crippen molar-refractivity contribution in [1.29, 1.82) is 0 Å². The summed E-state index contributed by atoms with van der Waals surface area (Å²) in [6, 6.07) is 12.4. The number of thiazole rings is 1. The van der Waals surface area contributed by atoms with Crippen molar-refractivity contribution in [2.75, 3.05) is 19.5 Å². The topological polar surface area (TPSA) is 77.7 Å². The Morgan fingerprint density at radius 2 is 1.90 bits per heavy atom. The van der Waals surface area contributed by atoms with Crippen molar-refractivity contribution in [3.05, 3.63) is 52.8 Å². The standard InChI is InChI=1S/C22H26N2O4S3/c1-5-28-13-12-24-19-11-10-18(31(4,26)27)14-20(19)30-22(24)23-21(25)16-6-8-17(9-7-16)29-15(2)3/h6-11,14-15H,5,12-13H2,1-4H3. The van der Waals surface area contributed by atoms with Crippen LogP contribution in [0.25, 0.3) is 10.2 Å². The number of rotatable bonds is 8. The highest BCUT2D eigenvalue weighted by Gasteiger charge is 2.13. The van der Waals surface area contributed by atoms with Gasteiger partial charge in [-0.05, 0) is 49.4 Å². The third-order valence-corrected chi connectivity index (χ3v) is 7.58. The van der Waals surface area contributed by atoms with Crippen molar-refractivity contribution in [2.24, 2.45) is 4.99 Å². The van der Waals surface area contributed by atoms with Crippen LogP contribution in [0.5, 0.6) is 0 Å². The molecule has 0 radical (unpaired) electrons. The molecule has 0 fully saturated rings. The molecule has 0 atom stereocenters. The van der Waals surface area contributed by atoms with Gasteiger partial charge in [0, 0.05) is 35.1 Å². The first-order valence-electron chi connectivity index (χ1n) is 9.96. The van der Waals surface area contributed by atoms with E-state index >= 15 is 0 Å². The SMILES string of the molecule is CCOCCn1c(=NC(=O)c2ccc(SC(C)C)cc2)sc2cc(S(C)(=O)=O)ccc21. The van der Waals surface area contributed by atoms with Gasteiger partial charge in [-0.15, -0.1) is 11.8 Å². The number of aromatic nitrogens is 1. The van der Waals surface area contributed by atoms with E-state index < -0.39 is 9.84 Å². The van der Waals surface area contributed by atoms with Crippen molar-refractivity contribution in [3.8, 4) is 0 Å². The van der Waals surface area contributed by atoms with E-state index in [-0.39, 0.29) is 10.8 Å². The summed E-state index contributed by atoms with van der Waals surface area (Å²) in [4.78, 5) is 19.1. The maximum atomic E-state index is 12.8. The minimum Gasteiger partial charge on any atom is -0.380 e. The third kappa shape index (κ3) is 6.06. The molecule has 0 N–H and O–H groups in total. The highest BCUT2D eigenvalue weighted by molar-refractivity contribution is 7.99. The molecular weight excluding hydrogens is 452 g/mol. The van der Waals surface area contributed by atoms with Crippen molar-refractivity contribution in [1.82, 2.24) is 4.57 Å². The Kier molecular flexibility index (Phi) is 7.74. The van der Waals surface area contributed by atoms with Gasteiger partial charge in [0.1, 0.15) is 0 Å². The Hall–Kier alpha value is -1.94. The Morgan fingerprint density at radius 1 is 1.19 bits per heavy atom. The number of hydrogen-bond donors (Lipinski definition) is 0. The molecule has 166 valence electrons. The predicted octanol–water partition coefficient (Wildman–Crippen LogP) is 4.38. The first kappa shape index (κ1) is 23.7. The fourth-order valence-electron chi connectivity index (χ4n) is 2.99. The molecule has 9 heteroatoms. The van der Waals surface area contributed by atoms with Crippen molar-refractivity contribution in [3.63, 3.8) is 0 Å². The highest BCUT2D eigenvalue weighted by atomic mass is 32.2. The van der Waals surface area contributed by atoms with Gasteiger partial charge in [0.05, 0.1) is 21.7 Å². The van der Waals surface area contributed by atoms with E-state index in [1.54, 1.807) is 42.1 Å². The molecule has 2 aromatic carbocycles. The number of sulfone groups is 1. The lowest BCUT2D eigenvalue weighted by Gasteiger charge is -2.06. The molecule has 1 aromatic heterocycles. The Balaban J connectivity index is 2.02. The van der Waals surface area contributed by atoms with Gasteiger partial charge in [-0.2, -0.15) is 4.99 Å². The van der Waals surface area contributed by atoms with Crippen LogP contribution < -0.4 is 4.80 Å². The molecule has 0 bridgehead atoms. The van der Waals surface area contributed by atoms with Crippen LogP contribution in [-0.4, -0.2) is 43.6 Å². The van der Waals surface area contributed by atoms with Crippen LogP contribution in [0.4, 0.5) is 0 Å². The largest absolute Gasteiger partial charge is 0.380 e. The highest BCUT2D eigenvalue weighted by Crippen LogP contribution is 2.24. The normalized spacial score (nSPS) is 12.7. The molecule has 1 amide bonds. The lowest BCUT2D eigenvalue weighted by atomic mass is 10.2. The zero-order chi connectivity index (χ0) is 22.6. The summed E-state index contributed by atoms with van der Waals surface area (Å²) in [5.41, 5.74) is 1.34. The number of benzene rings is 2. The van der Waals surface area contributed by atoms with Crippen LogP contribution >= 0.6 is 23.1 Å². The zero-order valence-corrected chi connectivity index (χ0v) is 20.4. The molecular formula is C22H26N2O4S3. The summed E-state index contributed by atoms with van der Waals surface area (Å²) < 4.78 is 32.0. The maximum Gasteiger partial charge on any atom is 0.279 e. The minimum atomic E-state index is -3.32. The van der Waals surface area contributed by atoms with Gasteiger partial charge in [-0.1, -0.05) is 25.2 Å². The second-order valence-electron chi connectivity index (χ2n) is 7.24. The molecule has 0 saturated carbocycles. The van der Waals surface area contributed by atoms with E-state index in [1.165, 1.54) is 17.6 Å². The van der Waals surface area contributed by atoms with Crippen LogP contribution in [0.1, 0.15) is 31.1 Å². The summed E-state index contributed by atoms with van der Waals surface area (Å²) in [5.74, 6) is -0.332. The second kappa shape index (κ2) is 10.1. The van der Waals surface area contributed by atoms with E-state index in [9.17, 15) is 13.2 Å². The average molecular weight is 479 g/mol. The van der Waals surface area contributed by atoms with Gasteiger partial charge < -0.3 is 9.30 Å². The summed E-state index contributed by atoms with van der Waals surface area (Å²) in [5, 5.41) is 0.464. The van der Waals surface area contributed by atoms with Crippen molar-refractivity contribution >= 4 is 49.1 Å². The molecule has 1 heterocycles. The monoisotopic (exact) mass is 478 g/mol. The van der Waals surface area contributed by atoms with Crippen molar-refractivity contribution in [2.45, 2.75) is 42.4 Å². The third-order valence-electron chi connectivity index (χ3n) is 4.42. The number of fused-ring (bicyclic) bond motifs is 1. The number of ether oxygens (including phenoxy) is 1. The number of carbonyl (C=O) groups excluding carboxylic acids is 1. The number of amides is 1. The summed E-state index contributed by atoms with van der Waals surface area (Å²) in [6.07, 6.45) is 1.18. The fraction of sp³-hybridized carbons (Fsp3) is 0.364. The van der Waals surface area contributed by atoms with Crippen LogP contribution in [0, 0.1) is 0 Å². The molecule has 0 aliphatic heterocycles. The number of thioether (sulfide) groups is 1. The first-order valence-corrected chi connectivity index (χ1v) is 13.5. The summed E-state index contributed by atoms with van der Waals surface area (Å²) in [6.45, 7) is 7.74. The van der Waals surface area contributed by atoms with Crippen molar-refractivity contribution < 1.29 is 17.9 Å². The molecule has 3 aromatic rings. The number of hydrogen-bond acceptors (Lipinski definition) is 6. The fourth-order valence-corrected chi connectivity index (χ4v) is 5.64. The van der Waals surface area contributed by atoms with Crippen LogP contribution in [-0.2, 0) is 21.1 Å². The van der Waals surface area contributed by atoms with Gasteiger partial charge in [-0.3, -0.25) is 4.79 Å². The summed E-state index contributed by atoms with van der Waals surface area (Å²) in [7, 11) is -3.32. The Labute approximate surface area is 190 Å². The molecule has 6 nitrogen and oxygen atoms in total. The zero-order valence-electron chi connectivity index (χ0n) is 18.0. The van der Waals surface area contributed by atoms with E-state index in [0.29, 0.717) is 35.4 Å². The van der Waals surface area contributed by atoms with E-state index in [4.69, 9.17) is 4.74 Å². The molecule has 31 heavy (non-hydrogen) atoms. The van der Waals surface area contributed by atoms with Gasteiger partial charge >= 0.3 is 0 Å². The van der Waals surface area contributed by atoms with Gasteiger partial charge in [-0.25, -0.2) is 8.42 Å². The Morgan fingerprint density at radius 3 is 2.52 bits per heavy atom. The molecule has 0 saturated heterocycles. The van der Waals surface area contributed by atoms with Gasteiger partial charge in [0.15, 0.2) is 14.6 Å². The van der Waals surface area contributed by atoms with E-state index in [0.717, 1.165) is 15.1 Å². The average Bonchev–Trinajstić information content (AvgIpc) is 3.04. The second-order valence-corrected chi connectivity index (χ2v) is 11.9. The van der Waals surface area contributed by atoms with Gasteiger partial charge in [0.2, 0.25) is 0 Å². The maximum absolute atomic E-state index is 12.8. The number of carbonyl (C=O) groups is 1. The molecule has 0 aliphatic rings. The van der Waals surface area contributed by atoms with Crippen LogP contribution in [0.2, 0.25) is 0 Å². The summed E-state index contributed by atoms with van der Waals surface area (Å²) >= 11 is 3.03. The molecule has 0 aliphatic carbocycles. The van der Waals surface area contributed by atoms with Crippen LogP contribution in [0.3, 0.4) is 0 Å². The first-order chi connectivity index (χ1) is 14.7. The van der Waals surface area contributed by atoms with Gasteiger partial charge in [0.25, 0.3) is 5.91 Å². The molecule has 0 spiro atoms. The molecule has 0 unspecified atom stereocenters. The lowest BCUT2D eigenvalue weighted by molar-refractivity contribution is 0.0996. The molecule has 3 rings (SSSR count). The van der Waals surface area contributed by atoms with E-state index in [1.807, 2.05) is 23.6 Å². The quantitative estimate of drug-likeness (QED) is 0.355. The smallest absolute Gasteiger partial charge is 0.279 e. The Bertz CT molecular complexity index is 1240. The van der Waals surface area contributed by atoms with Crippen LogP contribution in [0.15, 0.2) is 57.2 Å². The predicted molar refractivity (Wildman–Crippen MR) is 127 cm³/mol. The minimum absolute atomic E-state index is 0.245. The lowest BCUT2D eigenvalue weighted by Crippen LogP contribution is -2.19. The van der Waals surface area contributed by atoms with E-state index in [2.05, 4.69) is 18.8 Å². The number of nitrogens with zero attached hydrogens (tertiary/aromatic N) is 2.